The standard InChI is InChI=1S/C47H51N2O6PS3/c1-32(2)49(33(3)4)56(53-28-11-27-48)55-39-30-40(42-23-24-45(58-42)46-26-25-44(59-46)43-14-10-29-57-43)54-41(39)31-52-47(34-12-8-7-9-13-34,35-15-19-37(50-5)20-16-35)36-17-21-38(51-6)22-18-36/h7-10,12-26,29,32-33,39-41H,11,28,30-31H2,1-6H3/t39-,40-,41+,56?/m0/s1. The topological polar surface area (TPSA) is 82.4 Å². The fourth-order valence-corrected chi connectivity index (χ4v) is 12.3. The van der Waals surface area contributed by atoms with Gasteiger partial charge >= 0.3 is 0 Å². The summed E-state index contributed by atoms with van der Waals surface area (Å²) in [6.07, 6.45) is -0.151. The highest BCUT2D eigenvalue weighted by Crippen LogP contribution is 2.52. The largest absolute Gasteiger partial charge is 0.497 e. The van der Waals surface area contributed by atoms with Gasteiger partial charge in [-0.15, -0.1) is 34.0 Å². The number of benzene rings is 3. The molecule has 0 aliphatic carbocycles. The van der Waals surface area contributed by atoms with Crippen LogP contribution in [0.1, 0.15) is 68.2 Å². The van der Waals surface area contributed by atoms with E-state index < -0.39 is 20.2 Å². The number of ether oxygens (including phenoxy) is 4. The minimum absolute atomic E-state index is 0.150. The Balaban J connectivity index is 1.26. The number of hydrogen-bond donors (Lipinski definition) is 0. The van der Waals surface area contributed by atoms with Gasteiger partial charge in [0, 0.05) is 42.9 Å². The molecule has 0 saturated carbocycles. The van der Waals surface area contributed by atoms with Crippen LogP contribution in [0.5, 0.6) is 11.5 Å². The summed E-state index contributed by atoms with van der Waals surface area (Å²) in [6, 6.07) is 42.1. The molecular weight excluding hydrogens is 816 g/mol. The van der Waals surface area contributed by atoms with E-state index in [1.54, 1.807) is 36.9 Å². The minimum Gasteiger partial charge on any atom is -0.497 e. The van der Waals surface area contributed by atoms with Gasteiger partial charge in [0.1, 0.15) is 23.2 Å². The molecule has 7 rings (SSSR count). The van der Waals surface area contributed by atoms with Crippen LogP contribution in [-0.2, 0) is 24.1 Å². The van der Waals surface area contributed by atoms with E-state index in [9.17, 15) is 5.26 Å². The zero-order valence-corrected chi connectivity index (χ0v) is 37.6. The summed E-state index contributed by atoms with van der Waals surface area (Å²) in [5, 5.41) is 11.5. The first-order chi connectivity index (χ1) is 28.7. The van der Waals surface area contributed by atoms with Crippen LogP contribution < -0.4 is 9.47 Å². The fraction of sp³-hybridized carbons (Fsp3) is 0.340. The van der Waals surface area contributed by atoms with Gasteiger partial charge in [0.2, 0.25) is 0 Å². The van der Waals surface area contributed by atoms with Gasteiger partial charge in [-0.1, -0.05) is 60.7 Å². The fourth-order valence-electron chi connectivity index (χ4n) is 7.53. The van der Waals surface area contributed by atoms with Crippen molar-refractivity contribution in [1.82, 2.24) is 4.67 Å². The number of rotatable bonds is 19. The van der Waals surface area contributed by atoms with Gasteiger partial charge in [0.15, 0.2) is 0 Å². The summed E-state index contributed by atoms with van der Waals surface area (Å²) in [7, 11) is 1.80. The monoisotopic (exact) mass is 866 g/mol. The second kappa shape index (κ2) is 20.1. The van der Waals surface area contributed by atoms with E-state index in [1.165, 1.54) is 19.5 Å². The molecule has 1 aliphatic rings. The Labute approximate surface area is 361 Å². The maximum absolute atomic E-state index is 9.42. The second-order valence-electron chi connectivity index (χ2n) is 14.7. The molecule has 4 atom stereocenters. The highest BCUT2D eigenvalue weighted by atomic mass is 32.1. The molecule has 0 bridgehead atoms. The molecule has 12 heteroatoms. The van der Waals surface area contributed by atoms with Gasteiger partial charge < -0.3 is 28.0 Å². The lowest BCUT2D eigenvalue weighted by Gasteiger charge is -2.39. The third-order valence-corrected chi connectivity index (χ3v) is 16.0. The van der Waals surface area contributed by atoms with Crippen LogP contribution in [0.25, 0.3) is 19.5 Å². The van der Waals surface area contributed by atoms with Gasteiger partial charge in [-0.3, -0.25) is 0 Å². The van der Waals surface area contributed by atoms with E-state index in [2.05, 4.69) is 117 Å². The van der Waals surface area contributed by atoms with Crippen molar-refractivity contribution >= 4 is 42.5 Å². The van der Waals surface area contributed by atoms with Crippen molar-refractivity contribution in [2.45, 2.75) is 76.5 Å². The van der Waals surface area contributed by atoms with E-state index >= 15 is 0 Å². The van der Waals surface area contributed by atoms with Crippen LogP contribution in [0.3, 0.4) is 0 Å². The molecule has 6 aromatic rings. The normalized spacial score (nSPS) is 17.5. The van der Waals surface area contributed by atoms with E-state index in [1.807, 2.05) is 53.8 Å². The number of thiophene rings is 3. The van der Waals surface area contributed by atoms with Crippen LogP contribution >= 0.6 is 42.5 Å². The van der Waals surface area contributed by atoms with E-state index in [0.29, 0.717) is 6.42 Å². The Morgan fingerprint density at radius 2 is 1.34 bits per heavy atom. The van der Waals surface area contributed by atoms with Gasteiger partial charge in [-0.25, -0.2) is 4.67 Å². The third kappa shape index (κ3) is 9.84. The summed E-state index contributed by atoms with van der Waals surface area (Å²) >= 11 is 5.34. The molecule has 308 valence electrons. The number of nitrogens with zero attached hydrogens (tertiary/aromatic N) is 2. The molecule has 1 fully saturated rings. The van der Waals surface area contributed by atoms with Crippen LogP contribution in [0.4, 0.5) is 0 Å². The number of nitriles is 1. The van der Waals surface area contributed by atoms with Crippen molar-refractivity contribution in [3.05, 3.63) is 142 Å². The predicted molar refractivity (Wildman–Crippen MR) is 242 cm³/mol. The first kappa shape index (κ1) is 43.2. The Morgan fingerprint density at radius 3 is 1.92 bits per heavy atom. The average Bonchev–Trinajstić information content (AvgIpc) is 4.10. The Kier molecular flexibility index (Phi) is 14.7. The molecule has 3 aromatic carbocycles. The molecule has 8 nitrogen and oxygen atoms in total. The molecule has 59 heavy (non-hydrogen) atoms. The van der Waals surface area contributed by atoms with E-state index in [0.717, 1.165) is 33.1 Å². The maximum atomic E-state index is 9.42. The molecule has 0 spiro atoms. The second-order valence-corrected chi connectivity index (χ2v) is 19.3. The Bertz CT molecular complexity index is 2180. The summed E-state index contributed by atoms with van der Waals surface area (Å²) in [6.45, 7) is 9.11. The molecule has 0 N–H and O–H groups in total. The summed E-state index contributed by atoms with van der Waals surface area (Å²) in [4.78, 5) is 6.14. The first-order valence-corrected chi connectivity index (χ1v) is 23.5. The van der Waals surface area contributed by atoms with Crippen LogP contribution in [-0.4, -0.2) is 56.4 Å². The van der Waals surface area contributed by atoms with Gasteiger partial charge in [-0.05, 0) is 104 Å². The Morgan fingerprint density at radius 1 is 0.746 bits per heavy atom. The highest BCUT2D eigenvalue weighted by molar-refractivity contribution is 7.44. The van der Waals surface area contributed by atoms with Crippen molar-refractivity contribution in [2.75, 3.05) is 27.4 Å². The molecular formula is C47H51N2O6PS3. The SMILES string of the molecule is COc1ccc(C(OC[C@H]2O[C@H](c3ccc(-c4ccc(-c5cccs5)s4)s3)C[C@@H]2OP(OCCC#N)N(C(C)C)C(C)C)(c2ccccc2)c2ccc(OC)cc2)cc1. The van der Waals surface area contributed by atoms with Crippen molar-refractivity contribution < 1.29 is 28.0 Å². The molecule has 1 aliphatic heterocycles. The lowest BCUT2D eigenvalue weighted by atomic mass is 9.80. The summed E-state index contributed by atoms with van der Waals surface area (Å²) in [5.41, 5.74) is 1.82. The van der Waals surface area contributed by atoms with Crippen LogP contribution in [0.15, 0.2) is 121 Å². The van der Waals surface area contributed by atoms with Crippen molar-refractivity contribution in [2.24, 2.45) is 0 Å². The highest BCUT2D eigenvalue weighted by Gasteiger charge is 2.45. The number of methoxy groups -OCH3 is 2. The number of hydrogen-bond acceptors (Lipinski definition) is 11. The Hall–Kier alpha value is -3.92. The zero-order valence-electron chi connectivity index (χ0n) is 34.3. The molecule has 1 saturated heterocycles. The quantitative estimate of drug-likeness (QED) is 0.0452. The smallest absolute Gasteiger partial charge is 0.259 e. The van der Waals surface area contributed by atoms with Crippen molar-refractivity contribution in [1.29, 1.82) is 5.26 Å². The molecule has 0 amide bonds. The lowest BCUT2D eigenvalue weighted by Crippen LogP contribution is -2.39. The van der Waals surface area contributed by atoms with Crippen LogP contribution in [0, 0.1) is 11.3 Å². The molecule has 0 radical (unpaired) electrons. The summed E-state index contributed by atoms with van der Waals surface area (Å²) < 4.78 is 41.5. The van der Waals surface area contributed by atoms with Gasteiger partial charge in [0.25, 0.3) is 8.53 Å². The van der Waals surface area contributed by atoms with Crippen molar-refractivity contribution in [3.63, 3.8) is 0 Å². The van der Waals surface area contributed by atoms with Crippen LogP contribution in [0.2, 0.25) is 0 Å². The first-order valence-electron chi connectivity index (χ1n) is 19.9. The van der Waals surface area contributed by atoms with Gasteiger partial charge in [0.05, 0.1) is 52.1 Å². The predicted octanol–water partition coefficient (Wildman–Crippen LogP) is 12.7. The minimum atomic E-state index is -1.54. The van der Waals surface area contributed by atoms with E-state index in [-0.39, 0.29) is 43.9 Å². The van der Waals surface area contributed by atoms with Crippen molar-refractivity contribution in [3.8, 4) is 37.1 Å². The maximum Gasteiger partial charge on any atom is 0.259 e. The molecule has 1 unspecified atom stereocenters. The lowest BCUT2D eigenvalue weighted by molar-refractivity contribution is -0.0802. The molecule has 4 heterocycles. The zero-order chi connectivity index (χ0) is 41.4. The van der Waals surface area contributed by atoms with Gasteiger partial charge in [-0.2, -0.15) is 5.26 Å². The van der Waals surface area contributed by atoms with E-state index in [4.69, 9.17) is 28.0 Å². The summed E-state index contributed by atoms with van der Waals surface area (Å²) in [5.74, 6) is 1.51. The molecule has 3 aromatic heterocycles. The third-order valence-electron chi connectivity index (χ3n) is 10.3. The average molecular weight is 867 g/mol.